The van der Waals surface area contributed by atoms with Gasteiger partial charge in [0.2, 0.25) is 5.91 Å². The topological polar surface area (TPSA) is 66.0 Å². The van der Waals surface area contributed by atoms with Gasteiger partial charge in [-0.3, -0.25) is 4.79 Å². The fourth-order valence-electron chi connectivity index (χ4n) is 2.73. The van der Waals surface area contributed by atoms with Crippen molar-refractivity contribution in [1.82, 2.24) is 0 Å². The van der Waals surface area contributed by atoms with Crippen molar-refractivity contribution >= 4 is 35.0 Å². The number of alkyl halides is 2. The molecule has 10 heteroatoms. The van der Waals surface area contributed by atoms with E-state index in [9.17, 15) is 13.6 Å². The molecule has 2 aromatic rings. The van der Waals surface area contributed by atoms with Crippen LogP contribution >= 0.6 is 23.4 Å². The molecule has 28 heavy (non-hydrogen) atoms. The van der Waals surface area contributed by atoms with E-state index in [-0.39, 0.29) is 23.2 Å². The van der Waals surface area contributed by atoms with Crippen LogP contribution in [0.4, 0.5) is 14.5 Å². The number of amides is 1. The normalized spacial score (nSPS) is 16.0. The van der Waals surface area contributed by atoms with Gasteiger partial charge in [-0.15, -0.1) is 20.5 Å². The molecule has 2 aromatic carbocycles. The van der Waals surface area contributed by atoms with Crippen LogP contribution in [0.25, 0.3) is 0 Å². The zero-order valence-electron chi connectivity index (χ0n) is 14.3. The number of benzene rings is 2. The highest BCUT2D eigenvalue weighted by molar-refractivity contribution is 7.99. The fourth-order valence-corrected chi connectivity index (χ4v) is 3.78. The maximum absolute atomic E-state index is 13.0. The van der Waals surface area contributed by atoms with Gasteiger partial charge in [0.25, 0.3) is 0 Å². The minimum absolute atomic E-state index is 0.0761. The Morgan fingerprint density at radius 1 is 1.11 bits per heavy atom. The summed E-state index contributed by atoms with van der Waals surface area (Å²) in [5.74, 6) is 1.35. The number of thioether (sulfide) groups is 1. The first kappa shape index (κ1) is 18.9. The predicted octanol–water partition coefficient (Wildman–Crippen LogP) is 4.30. The molecule has 6 nitrogen and oxygen atoms in total. The number of hydrogen-bond acceptors (Lipinski definition) is 6. The maximum atomic E-state index is 13.0. The van der Waals surface area contributed by atoms with Crippen molar-refractivity contribution in [3.63, 3.8) is 0 Å². The van der Waals surface area contributed by atoms with Crippen molar-refractivity contribution < 1.29 is 32.5 Å². The van der Waals surface area contributed by atoms with Crippen molar-refractivity contribution in [2.45, 2.75) is 12.0 Å². The van der Waals surface area contributed by atoms with Crippen molar-refractivity contribution in [3.05, 3.63) is 40.9 Å². The number of rotatable bonds is 5. The second-order valence-corrected chi connectivity index (χ2v) is 7.36. The van der Waals surface area contributed by atoms with Crippen LogP contribution in [0.3, 0.4) is 0 Å². The van der Waals surface area contributed by atoms with Crippen molar-refractivity contribution in [2.24, 2.45) is 0 Å². The molecule has 0 saturated heterocycles. The summed E-state index contributed by atoms with van der Waals surface area (Å²) in [5.41, 5.74) is 1.24. The first-order valence-corrected chi connectivity index (χ1v) is 9.78. The molecular formula is C18H14ClF2NO5S. The van der Waals surface area contributed by atoms with Gasteiger partial charge in [0.15, 0.2) is 23.0 Å². The van der Waals surface area contributed by atoms with E-state index in [1.165, 1.54) is 30.0 Å². The third kappa shape index (κ3) is 4.20. The van der Waals surface area contributed by atoms with Gasteiger partial charge in [-0.1, -0.05) is 11.6 Å². The Morgan fingerprint density at radius 2 is 1.89 bits per heavy atom. The summed E-state index contributed by atoms with van der Waals surface area (Å²) in [7, 11) is 0. The molecule has 1 N–H and O–H groups in total. The first-order valence-electron chi connectivity index (χ1n) is 8.25. The Balaban J connectivity index is 1.31. The van der Waals surface area contributed by atoms with Crippen LogP contribution in [0, 0.1) is 0 Å². The Hall–Kier alpha value is -2.39. The lowest BCUT2D eigenvalue weighted by Crippen LogP contribution is -2.25. The summed E-state index contributed by atoms with van der Waals surface area (Å²) in [6.07, 6.45) is -3.69. The van der Waals surface area contributed by atoms with Crippen LogP contribution in [0.1, 0.15) is 5.56 Å². The van der Waals surface area contributed by atoms with Crippen molar-refractivity contribution in [3.8, 4) is 23.0 Å². The number of nitrogens with one attached hydrogen (secondary N) is 1. The molecular weight excluding hydrogens is 416 g/mol. The number of carbonyl (C=O) groups is 1. The first-order chi connectivity index (χ1) is 13.4. The van der Waals surface area contributed by atoms with Crippen LogP contribution in [0.15, 0.2) is 30.3 Å². The van der Waals surface area contributed by atoms with Gasteiger partial charge < -0.3 is 24.3 Å². The summed E-state index contributed by atoms with van der Waals surface area (Å²) < 4.78 is 45.7. The third-order valence-electron chi connectivity index (χ3n) is 3.84. The Morgan fingerprint density at radius 3 is 2.75 bits per heavy atom. The van der Waals surface area contributed by atoms with E-state index in [1.807, 2.05) is 6.07 Å². The molecule has 0 atom stereocenters. The van der Waals surface area contributed by atoms with Gasteiger partial charge in [0.1, 0.15) is 13.2 Å². The molecule has 0 fully saturated rings. The molecule has 0 unspecified atom stereocenters. The van der Waals surface area contributed by atoms with Gasteiger partial charge in [-0.05, 0) is 29.8 Å². The van der Waals surface area contributed by atoms with Gasteiger partial charge in [-0.25, -0.2) is 0 Å². The number of fused-ring (bicyclic) bond motifs is 2. The Bertz CT molecular complexity index is 927. The summed E-state index contributed by atoms with van der Waals surface area (Å²) in [6, 6.07) is 7.68. The van der Waals surface area contributed by atoms with Crippen LogP contribution < -0.4 is 24.3 Å². The molecule has 2 aliphatic heterocycles. The molecule has 148 valence electrons. The average Bonchev–Trinajstić information content (AvgIpc) is 2.95. The summed E-state index contributed by atoms with van der Waals surface area (Å²) in [4.78, 5) is 12.1. The van der Waals surface area contributed by atoms with Crippen LogP contribution in [-0.2, 0) is 10.5 Å². The Labute approximate surface area is 168 Å². The third-order valence-corrected chi connectivity index (χ3v) is 5.13. The monoisotopic (exact) mass is 429 g/mol. The smallest absolute Gasteiger partial charge is 0.486 e. The van der Waals surface area contributed by atoms with E-state index in [1.54, 1.807) is 6.07 Å². The molecule has 0 aromatic heterocycles. The number of carbonyl (C=O) groups excluding carboxylic acids is 1. The summed E-state index contributed by atoms with van der Waals surface area (Å²) in [5, 5.41) is 3.10. The highest BCUT2D eigenvalue weighted by atomic mass is 35.5. The lowest BCUT2D eigenvalue weighted by Gasteiger charge is -2.20. The molecule has 0 bridgehead atoms. The van der Waals surface area contributed by atoms with E-state index in [4.69, 9.17) is 21.1 Å². The molecule has 0 spiro atoms. The fraction of sp³-hybridized carbons (Fsp3) is 0.278. The van der Waals surface area contributed by atoms with Crippen LogP contribution in [0.5, 0.6) is 23.0 Å². The number of anilines is 1. The quantitative estimate of drug-likeness (QED) is 0.764. The molecule has 0 radical (unpaired) electrons. The van der Waals surface area contributed by atoms with Gasteiger partial charge in [0, 0.05) is 17.5 Å². The molecule has 1 amide bonds. The molecule has 2 heterocycles. The molecule has 2 aliphatic rings. The zero-order chi connectivity index (χ0) is 19.7. The van der Waals surface area contributed by atoms with E-state index in [0.29, 0.717) is 41.2 Å². The number of halogens is 3. The molecule has 4 rings (SSSR count). The van der Waals surface area contributed by atoms with Crippen molar-refractivity contribution in [2.75, 3.05) is 24.3 Å². The second kappa shape index (κ2) is 7.56. The lowest BCUT2D eigenvalue weighted by molar-refractivity contribution is -0.286. The maximum Gasteiger partial charge on any atom is 0.586 e. The minimum atomic E-state index is -3.69. The highest BCUT2D eigenvalue weighted by Gasteiger charge is 2.43. The Kier molecular flexibility index (Phi) is 5.11. The van der Waals surface area contributed by atoms with Crippen LogP contribution in [0.2, 0.25) is 5.02 Å². The lowest BCUT2D eigenvalue weighted by atomic mass is 10.2. The van der Waals surface area contributed by atoms with E-state index >= 15 is 0 Å². The summed E-state index contributed by atoms with van der Waals surface area (Å²) in [6.45, 7) is 0.919. The number of ether oxygens (including phenoxy) is 4. The van der Waals surface area contributed by atoms with E-state index < -0.39 is 6.29 Å². The minimum Gasteiger partial charge on any atom is -0.486 e. The van der Waals surface area contributed by atoms with Gasteiger partial charge in [-0.2, -0.15) is 0 Å². The molecule has 0 saturated carbocycles. The van der Waals surface area contributed by atoms with E-state index in [2.05, 4.69) is 14.8 Å². The average molecular weight is 430 g/mol. The van der Waals surface area contributed by atoms with E-state index in [0.717, 1.165) is 5.56 Å². The SMILES string of the molecule is O=C(CSCc1cc(Cl)c2c(c1)OCCO2)Nc1ccc2c(c1)OC(F)(F)O2. The zero-order valence-corrected chi connectivity index (χ0v) is 15.9. The van der Waals surface area contributed by atoms with Crippen LogP contribution in [-0.4, -0.2) is 31.2 Å². The second-order valence-electron chi connectivity index (χ2n) is 5.97. The van der Waals surface area contributed by atoms with Gasteiger partial charge in [0.05, 0.1) is 10.8 Å². The number of hydrogen-bond donors (Lipinski definition) is 1. The summed E-state index contributed by atoms with van der Waals surface area (Å²) >= 11 is 7.57. The standard InChI is InChI=1S/C18H14ClF2NO5S/c19-12-5-10(6-15-17(12)25-4-3-24-15)8-28-9-16(23)22-11-1-2-13-14(7-11)27-18(20,21)26-13/h1-2,5-7H,3-4,8-9H2,(H,22,23). The van der Waals surface area contributed by atoms with Gasteiger partial charge >= 0.3 is 6.29 Å². The predicted molar refractivity (Wildman–Crippen MR) is 99.9 cm³/mol. The molecule has 0 aliphatic carbocycles. The highest BCUT2D eigenvalue weighted by Crippen LogP contribution is 2.42. The largest absolute Gasteiger partial charge is 0.586 e. The van der Waals surface area contributed by atoms with Crippen molar-refractivity contribution in [1.29, 1.82) is 0 Å².